The van der Waals surface area contributed by atoms with E-state index in [4.69, 9.17) is 0 Å². The quantitative estimate of drug-likeness (QED) is 0.919. The molecule has 0 amide bonds. The molecule has 1 aliphatic heterocycles. The van der Waals surface area contributed by atoms with Crippen LogP contribution in [0.4, 0.5) is 4.39 Å². The molecule has 3 rings (SSSR count). The first kappa shape index (κ1) is 14.1. The molecule has 3 nitrogen and oxygen atoms in total. The molecule has 0 saturated carbocycles. The Morgan fingerprint density at radius 3 is 2.57 bits per heavy atom. The van der Waals surface area contributed by atoms with E-state index in [2.05, 4.69) is 15.3 Å². The van der Waals surface area contributed by atoms with Crippen molar-refractivity contribution in [3.8, 4) is 11.4 Å². The molecule has 0 radical (unpaired) electrons. The monoisotopic (exact) mass is 285 g/mol. The molecule has 1 unspecified atom stereocenters. The zero-order valence-corrected chi connectivity index (χ0v) is 12.5. The average Bonchev–Trinajstić information content (AvgIpc) is 2.47. The summed E-state index contributed by atoms with van der Waals surface area (Å²) in [5.41, 5.74) is 4.00. The lowest BCUT2D eigenvalue weighted by Crippen LogP contribution is -2.29. The van der Waals surface area contributed by atoms with E-state index in [-0.39, 0.29) is 5.82 Å². The van der Waals surface area contributed by atoms with Crippen molar-refractivity contribution >= 4 is 0 Å². The Hall–Kier alpha value is -1.81. The van der Waals surface area contributed by atoms with Gasteiger partial charge in [-0.1, -0.05) is 12.1 Å². The molecule has 4 heteroatoms. The number of nitrogens with zero attached hydrogens (tertiary/aromatic N) is 2. The van der Waals surface area contributed by atoms with Crippen molar-refractivity contribution in [2.24, 2.45) is 0 Å². The van der Waals surface area contributed by atoms with E-state index >= 15 is 0 Å². The van der Waals surface area contributed by atoms with Crippen LogP contribution >= 0.6 is 0 Å². The summed E-state index contributed by atoms with van der Waals surface area (Å²) in [6.45, 7) is 6.14. The number of aryl methyl sites for hydroxylation is 2. The topological polar surface area (TPSA) is 37.8 Å². The second-order valence-corrected chi connectivity index (χ2v) is 5.69. The molecular weight excluding hydrogens is 265 g/mol. The van der Waals surface area contributed by atoms with Crippen molar-refractivity contribution in [3.05, 3.63) is 47.0 Å². The third-order valence-electron chi connectivity index (χ3n) is 4.11. The molecule has 2 heterocycles. The van der Waals surface area contributed by atoms with Crippen LogP contribution in [0.3, 0.4) is 0 Å². The Kier molecular flexibility index (Phi) is 3.97. The van der Waals surface area contributed by atoms with Crippen molar-refractivity contribution in [2.75, 3.05) is 13.1 Å². The van der Waals surface area contributed by atoms with Crippen LogP contribution in [0.5, 0.6) is 0 Å². The lowest BCUT2D eigenvalue weighted by molar-refractivity contribution is 0.457. The van der Waals surface area contributed by atoms with Crippen LogP contribution in [0.15, 0.2) is 24.3 Å². The number of halogens is 1. The molecule has 1 aliphatic rings. The average molecular weight is 285 g/mol. The molecule has 1 aromatic heterocycles. The molecular formula is C17H20FN3. The summed E-state index contributed by atoms with van der Waals surface area (Å²) in [6.07, 6.45) is 2.37. The van der Waals surface area contributed by atoms with Gasteiger partial charge in [0.25, 0.3) is 0 Å². The molecule has 1 atom stereocenters. The normalized spacial score (nSPS) is 18.7. The summed E-state index contributed by atoms with van der Waals surface area (Å²) < 4.78 is 13.4. The highest BCUT2D eigenvalue weighted by atomic mass is 19.1. The van der Waals surface area contributed by atoms with Crippen LogP contribution < -0.4 is 5.32 Å². The Morgan fingerprint density at radius 2 is 1.95 bits per heavy atom. The van der Waals surface area contributed by atoms with Gasteiger partial charge in [0, 0.05) is 23.5 Å². The predicted octanol–water partition coefficient (Wildman–Crippen LogP) is 3.37. The van der Waals surface area contributed by atoms with Crippen LogP contribution in [0.25, 0.3) is 11.4 Å². The van der Waals surface area contributed by atoms with Crippen LogP contribution in [0, 0.1) is 19.7 Å². The van der Waals surface area contributed by atoms with Gasteiger partial charge in [-0.15, -0.1) is 0 Å². The number of nitrogens with one attached hydrogen (secondary N) is 1. The lowest BCUT2D eigenvalue weighted by atomic mass is 9.89. The maximum atomic E-state index is 13.4. The van der Waals surface area contributed by atoms with Crippen LogP contribution in [0.1, 0.15) is 35.7 Å². The van der Waals surface area contributed by atoms with Crippen molar-refractivity contribution < 1.29 is 4.39 Å². The van der Waals surface area contributed by atoms with E-state index in [1.54, 1.807) is 6.07 Å². The van der Waals surface area contributed by atoms with E-state index in [0.717, 1.165) is 30.0 Å². The third kappa shape index (κ3) is 2.95. The first-order chi connectivity index (χ1) is 10.1. The number of benzene rings is 1. The first-order valence-corrected chi connectivity index (χ1v) is 7.47. The highest BCUT2D eigenvalue weighted by Crippen LogP contribution is 2.29. The van der Waals surface area contributed by atoms with Gasteiger partial charge in [0.1, 0.15) is 5.82 Å². The van der Waals surface area contributed by atoms with E-state index in [1.807, 2.05) is 19.9 Å². The fourth-order valence-electron chi connectivity index (χ4n) is 3.17. The number of hydrogen-bond donors (Lipinski definition) is 1. The number of aromatic nitrogens is 2. The van der Waals surface area contributed by atoms with Gasteiger partial charge in [0.15, 0.2) is 5.82 Å². The van der Waals surface area contributed by atoms with Gasteiger partial charge in [-0.3, -0.25) is 0 Å². The van der Waals surface area contributed by atoms with Gasteiger partial charge in [-0.25, -0.2) is 14.4 Å². The summed E-state index contributed by atoms with van der Waals surface area (Å²) in [5.74, 6) is 0.837. The third-order valence-corrected chi connectivity index (χ3v) is 4.11. The van der Waals surface area contributed by atoms with E-state index in [0.29, 0.717) is 11.7 Å². The van der Waals surface area contributed by atoms with Gasteiger partial charge in [-0.05, 0) is 56.8 Å². The van der Waals surface area contributed by atoms with Gasteiger partial charge >= 0.3 is 0 Å². The van der Waals surface area contributed by atoms with Gasteiger partial charge < -0.3 is 5.32 Å². The Balaban J connectivity index is 1.99. The Morgan fingerprint density at radius 1 is 1.19 bits per heavy atom. The molecule has 1 fully saturated rings. The van der Waals surface area contributed by atoms with Crippen LogP contribution in [-0.2, 0) is 0 Å². The summed E-state index contributed by atoms with van der Waals surface area (Å²) in [7, 11) is 0. The summed E-state index contributed by atoms with van der Waals surface area (Å²) in [4.78, 5) is 9.23. The summed E-state index contributed by atoms with van der Waals surface area (Å²) in [5, 5.41) is 3.44. The molecule has 21 heavy (non-hydrogen) atoms. The minimum Gasteiger partial charge on any atom is -0.316 e. The SMILES string of the molecule is Cc1nc(-c2cccc(F)c2)nc(C)c1C1CCCNC1. The highest BCUT2D eigenvalue weighted by Gasteiger charge is 2.21. The van der Waals surface area contributed by atoms with E-state index in [9.17, 15) is 4.39 Å². The second kappa shape index (κ2) is 5.90. The summed E-state index contributed by atoms with van der Waals surface area (Å²) in [6, 6.07) is 6.46. The van der Waals surface area contributed by atoms with Crippen molar-refractivity contribution in [2.45, 2.75) is 32.6 Å². The van der Waals surface area contributed by atoms with E-state index in [1.165, 1.54) is 30.5 Å². The number of hydrogen-bond acceptors (Lipinski definition) is 3. The second-order valence-electron chi connectivity index (χ2n) is 5.69. The maximum Gasteiger partial charge on any atom is 0.159 e. The zero-order valence-electron chi connectivity index (χ0n) is 12.5. The Labute approximate surface area is 124 Å². The van der Waals surface area contributed by atoms with Crippen molar-refractivity contribution in [1.29, 1.82) is 0 Å². The lowest BCUT2D eigenvalue weighted by Gasteiger charge is -2.25. The molecule has 1 aromatic carbocycles. The standard InChI is InChI=1S/C17H20FN3/c1-11-16(14-6-4-8-19-10-14)12(2)21-17(20-11)13-5-3-7-15(18)9-13/h3,5,7,9,14,19H,4,6,8,10H2,1-2H3. The number of rotatable bonds is 2. The van der Waals surface area contributed by atoms with Crippen molar-refractivity contribution in [3.63, 3.8) is 0 Å². The molecule has 0 aliphatic carbocycles. The van der Waals surface area contributed by atoms with Crippen LogP contribution in [-0.4, -0.2) is 23.1 Å². The molecule has 0 bridgehead atoms. The van der Waals surface area contributed by atoms with Crippen LogP contribution in [0.2, 0.25) is 0 Å². The van der Waals surface area contributed by atoms with Gasteiger partial charge in [0.2, 0.25) is 0 Å². The van der Waals surface area contributed by atoms with Gasteiger partial charge in [-0.2, -0.15) is 0 Å². The largest absolute Gasteiger partial charge is 0.316 e. The molecule has 2 aromatic rings. The minimum absolute atomic E-state index is 0.257. The molecule has 1 N–H and O–H groups in total. The predicted molar refractivity (Wildman–Crippen MR) is 81.7 cm³/mol. The highest BCUT2D eigenvalue weighted by molar-refractivity contribution is 5.56. The van der Waals surface area contributed by atoms with E-state index < -0.39 is 0 Å². The first-order valence-electron chi connectivity index (χ1n) is 7.47. The maximum absolute atomic E-state index is 13.4. The Bertz CT molecular complexity index is 625. The van der Waals surface area contributed by atoms with Gasteiger partial charge in [0.05, 0.1) is 0 Å². The zero-order chi connectivity index (χ0) is 14.8. The molecule has 0 spiro atoms. The molecule has 1 saturated heterocycles. The summed E-state index contributed by atoms with van der Waals surface area (Å²) >= 11 is 0. The van der Waals surface area contributed by atoms with Crippen molar-refractivity contribution in [1.82, 2.24) is 15.3 Å². The minimum atomic E-state index is -0.257. The fraction of sp³-hybridized carbons (Fsp3) is 0.412. The smallest absolute Gasteiger partial charge is 0.159 e. The fourth-order valence-corrected chi connectivity index (χ4v) is 3.17. The number of piperidine rings is 1. The molecule has 110 valence electrons.